The van der Waals surface area contributed by atoms with Crippen LogP contribution in [0.15, 0.2) is 36.7 Å². The molecule has 2 bridgehead atoms. The highest BCUT2D eigenvalue weighted by atomic mass is 16.5. The van der Waals surface area contributed by atoms with Crippen molar-refractivity contribution in [2.24, 2.45) is 5.92 Å². The molecule has 26 heavy (non-hydrogen) atoms. The third kappa shape index (κ3) is 2.83. The zero-order chi connectivity index (χ0) is 17.5. The van der Waals surface area contributed by atoms with Crippen LogP contribution in [-0.4, -0.2) is 70.8 Å². The Balaban J connectivity index is 1.37. The number of amides is 1. The van der Waals surface area contributed by atoms with Gasteiger partial charge in [0.15, 0.2) is 0 Å². The summed E-state index contributed by atoms with van der Waals surface area (Å²) in [6.45, 7) is 4.02. The molecule has 2 aromatic rings. The normalized spacial score (nSPS) is 26.5. The SMILES string of the molecule is O=C(c1cn[nH]c1)N1C[C@H]2COC[C@@H]1CN(C1Cc3ccccc3C1)C2. The number of aromatic amines is 1. The molecular weight excluding hydrogens is 328 g/mol. The quantitative estimate of drug-likeness (QED) is 0.886. The molecule has 136 valence electrons. The molecule has 1 aromatic carbocycles. The third-order valence-electron chi connectivity index (χ3n) is 6.05. The van der Waals surface area contributed by atoms with Gasteiger partial charge < -0.3 is 9.64 Å². The molecule has 6 heteroatoms. The van der Waals surface area contributed by atoms with E-state index >= 15 is 0 Å². The van der Waals surface area contributed by atoms with Crippen molar-refractivity contribution in [3.8, 4) is 0 Å². The molecule has 1 amide bonds. The Labute approximate surface area is 153 Å². The monoisotopic (exact) mass is 352 g/mol. The molecule has 3 aliphatic rings. The van der Waals surface area contributed by atoms with Crippen molar-refractivity contribution in [1.82, 2.24) is 20.0 Å². The van der Waals surface area contributed by atoms with Crippen LogP contribution in [0.4, 0.5) is 0 Å². The molecule has 2 atom stereocenters. The standard InChI is InChI=1S/C20H24N4O2/c25-20(17-7-21-22-8-17)24-10-14-9-23(11-19(24)13-26-12-14)18-5-15-3-1-2-4-16(15)6-18/h1-4,7-8,14,18-19H,5-6,9-13H2,(H,21,22)/t14-,19-/m0/s1. The van der Waals surface area contributed by atoms with Gasteiger partial charge in [0.1, 0.15) is 0 Å². The topological polar surface area (TPSA) is 61.5 Å². The lowest BCUT2D eigenvalue weighted by molar-refractivity contribution is 0.0347. The molecule has 5 rings (SSSR count). The summed E-state index contributed by atoms with van der Waals surface area (Å²) in [5, 5.41) is 6.68. The maximum Gasteiger partial charge on any atom is 0.257 e. The first-order valence-corrected chi connectivity index (χ1v) is 9.46. The summed E-state index contributed by atoms with van der Waals surface area (Å²) in [5.41, 5.74) is 3.60. The van der Waals surface area contributed by atoms with Crippen LogP contribution in [0.1, 0.15) is 21.5 Å². The Bertz CT molecular complexity index is 766. The Kier molecular flexibility index (Phi) is 4.02. The van der Waals surface area contributed by atoms with Crippen LogP contribution in [0.2, 0.25) is 0 Å². The van der Waals surface area contributed by atoms with Crippen molar-refractivity contribution >= 4 is 5.91 Å². The summed E-state index contributed by atoms with van der Waals surface area (Å²) in [7, 11) is 0. The Morgan fingerprint density at radius 1 is 1.08 bits per heavy atom. The highest BCUT2D eigenvalue weighted by Crippen LogP contribution is 2.29. The second-order valence-corrected chi connectivity index (χ2v) is 7.79. The molecule has 0 spiro atoms. The zero-order valence-electron chi connectivity index (χ0n) is 14.8. The van der Waals surface area contributed by atoms with Crippen molar-refractivity contribution < 1.29 is 9.53 Å². The van der Waals surface area contributed by atoms with Gasteiger partial charge in [-0.15, -0.1) is 0 Å². The van der Waals surface area contributed by atoms with Gasteiger partial charge in [-0.05, 0) is 24.0 Å². The van der Waals surface area contributed by atoms with Crippen LogP contribution in [0.3, 0.4) is 0 Å². The average molecular weight is 352 g/mol. The molecule has 2 saturated heterocycles. The second kappa shape index (κ2) is 6.52. The Morgan fingerprint density at radius 2 is 1.88 bits per heavy atom. The van der Waals surface area contributed by atoms with E-state index in [9.17, 15) is 4.79 Å². The minimum Gasteiger partial charge on any atom is -0.379 e. The number of hydrogen-bond acceptors (Lipinski definition) is 4. The summed E-state index contributed by atoms with van der Waals surface area (Å²) in [4.78, 5) is 17.6. The maximum atomic E-state index is 13.0. The number of hydrogen-bond donors (Lipinski definition) is 1. The number of rotatable bonds is 2. The van der Waals surface area contributed by atoms with Gasteiger partial charge in [-0.25, -0.2) is 0 Å². The van der Waals surface area contributed by atoms with Crippen molar-refractivity contribution in [3.63, 3.8) is 0 Å². The maximum absolute atomic E-state index is 13.0. The number of ether oxygens (including phenoxy) is 1. The molecule has 2 aliphatic heterocycles. The predicted molar refractivity (Wildman–Crippen MR) is 96.9 cm³/mol. The lowest BCUT2D eigenvalue weighted by atomic mass is 10.1. The van der Waals surface area contributed by atoms with Gasteiger partial charge in [0.25, 0.3) is 5.91 Å². The van der Waals surface area contributed by atoms with E-state index in [1.165, 1.54) is 11.1 Å². The van der Waals surface area contributed by atoms with Crippen molar-refractivity contribution in [2.45, 2.75) is 24.9 Å². The molecule has 0 saturated carbocycles. The summed E-state index contributed by atoms with van der Waals surface area (Å²) >= 11 is 0. The minimum absolute atomic E-state index is 0.0656. The average Bonchev–Trinajstić information content (AvgIpc) is 3.23. The van der Waals surface area contributed by atoms with Crippen LogP contribution >= 0.6 is 0 Å². The van der Waals surface area contributed by atoms with E-state index in [2.05, 4.69) is 39.4 Å². The number of H-pyrrole nitrogens is 1. The van der Waals surface area contributed by atoms with E-state index in [1.54, 1.807) is 12.4 Å². The predicted octanol–water partition coefficient (Wildman–Crippen LogP) is 1.35. The van der Waals surface area contributed by atoms with Gasteiger partial charge in [0, 0.05) is 37.8 Å². The molecule has 6 nitrogen and oxygen atoms in total. The van der Waals surface area contributed by atoms with E-state index in [4.69, 9.17) is 4.74 Å². The number of aromatic nitrogens is 2. The number of carbonyl (C=O) groups excluding carboxylic acids is 1. The van der Waals surface area contributed by atoms with E-state index in [1.807, 2.05) is 4.90 Å². The lowest BCUT2D eigenvalue weighted by Gasteiger charge is -2.34. The second-order valence-electron chi connectivity index (χ2n) is 7.79. The van der Waals surface area contributed by atoms with E-state index in [0.29, 0.717) is 24.1 Å². The summed E-state index contributed by atoms with van der Waals surface area (Å²) < 4.78 is 5.89. The first kappa shape index (κ1) is 16.0. The first-order chi connectivity index (χ1) is 12.8. The van der Waals surface area contributed by atoms with Gasteiger partial charge in [-0.1, -0.05) is 24.3 Å². The van der Waals surface area contributed by atoms with Crippen LogP contribution in [0, 0.1) is 5.92 Å². The molecular formula is C20H24N4O2. The Morgan fingerprint density at radius 3 is 2.62 bits per heavy atom. The number of carbonyl (C=O) groups is 1. The number of fused-ring (bicyclic) bond motifs is 4. The fraction of sp³-hybridized carbons (Fsp3) is 0.500. The Hall–Kier alpha value is -2.18. The van der Waals surface area contributed by atoms with Gasteiger partial charge in [0.2, 0.25) is 0 Å². The molecule has 0 unspecified atom stereocenters. The van der Waals surface area contributed by atoms with Crippen LogP contribution in [0.25, 0.3) is 0 Å². The summed E-state index contributed by atoms with van der Waals surface area (Å²) in [5.74, 6) is 0.429. The molecule has 1 N–H and O–H groups in total. The van der Waals surface area contributed by atoms with Crippen LogP contribution < -0.4 is 0 Å². The van der Waals surface area contributed by atoms with Crippen LogP contribution in [-0.2, 0) is 17.6 Å². The van der Waals surface area contributed by atoms with Crippen molar-refractivity contribution in [3.05, 3.63) is 53.3 Å². The fourth-order valence-electron chi connectivity index (χ4n) is 4.75. The van der Waals surface area contributed by atoms with E-state index in [0.717, 1.165) is 39.1 Å². The lowest BCUT2D eigenvalue weighted by Crippen LogP contribution is -2.49. The number of nitrogens with one attached hydrogen (secondary N) is 1. The number of nitrogens with zero attached hydrogens (tertiary/aromatic N) is 3. The molecule has 1 aliphatic carbocycles. The van der Waals surface area contributed by atoms with Crippen LogP contribution in [0.5, 0.6) is 0 Å². The largest absolute Gasteiger partial charge is 0.379 e. The highest BCUT2D eigenvalue weighted by Gasteiger charge is 2.39. The van der Waals surface area contributed by atoms with Gasteiger partial charge in [-0.2, -0.15) is 5.10 Å². The molecule has 0 radical (unpaired) electrons. The van der Waals surface area contributed by atoms with Crippen molar-refractivity contribution in [2.75, 3.05) is 32.8 Å². The molecule has 1 aromatic heterocycles. The molecule has 3 heterocycles. The summed E-state index contributed by atoms with van der Waals surface area (Å²) in [6, 6.07) is 9.43. The smallest absolute Gasteiger partial charge is 0.257 e. The van der Waals surface area contributed by atoms with Crippen molar-refractivity contribution in [1.29, 1.82) is 0 Å². The van der Waals surface area contributed by atoms with Gasteiger partial charge in [-0.3, -0.25) is 14.8 Å². The first-order valence-electron chi connectivity index (χ1n) is 9.46. The third-order valence-corrected chi connectivity index (χ3v) is 6.05. The van der Waals surface area contributed by atoms with Gasteiger partial charge >= 0.3 is 0 Å². The number of benzene rings is 1. The summed E-state index contributed by atoms with van der Waals surface area (Å²) in [6.07, 6.45) is 5.53. The van der Waals surface area contributed by atoms with E-state index < -0.39 is 0 Å². The highest BCUT2D eigenvalue weighted by molar-refractivity contribution is 5.94. The minimum atomic E-state index is 0.0656. The zero-order valence-corrected chi connectivity index (χ0v) is 14.8. The fourth-order valence-corrected chi connectivity index (χ4v) is 4.75. The van der Waals surface area contributed by atoms with E-state index in [-0.39, 0.29) is 11.9 Å². The van der Waals surface area contributed by atoms with Gasteiger partial charge in [0.05, 0.1) is 31.0 Å². The molecule has 2 fully saturated rings.